The molecule has 1 saturated heterocycles. The van der Waals surface area contributed by atoms with Gasteiger partial charge in [-0.3, -0.25) is 4.79 Å². The summed E-state index contributed by atoms with van der Waals surface area (Å²) >= 11 is 0. The fourth-order valence-corrected chi connectivity index (χ4v) is 3.39. The third-order valence-electron chi connectivity index (χ3n) is 4.65. The SMILES string of the molecule is COc1cccc(C(=O)N2CCCCCC2c2ccccc2)c1O. The number of para-hydroxylation sites is 1. The highest BCUT2D eigenvalue weighted by atomic mass is 16.5. The van der Waals surface area contributed by atoms with Crippen LogP contribution in [0.2, 0.25) is 0 Å². The van der Waals surface area contributed by atoms with Crippen molar-refractivity contribution < 1.29 is 14.6 Å². The van der Waals surface area contributed by atoms with E-state index >= 15 is 0 Å². The molecule has 3 rings (SSSR count). The molecule has 1 aliphatic heterocycles. The van der Waals surface area contributed by atoms with Crippen molar-refractivity contribution in [2.45, 2.75) is 31.7 Å². The van der Waals surface area contributed by atoms with Crippen LogP contribution >= 0.6 is 0 Å². The molecular formula is C20H23NO3. The Labute approximate surface area is 142 Å². The van der Waals surface area contributed by atoms with Crippen molar-refractivity contribution >= 4 is 5.91 Å². The van der Waals surface area contributed by atoms with Gasteiger partial charge in [0.25, 0.3) is 5.91 Å². The molecule has 0 radical (unpaired) electrons. The Morgan fingerprint density at radius 1 is 1.08 bits per heavy atom. The summed E-state index contributed by atoms with van der Waals surface area (Å²) in [5, 5.41) is 10.3. The molecule has 1 unspecified atom stereocenters. The van der Waals surface area contributed by atoms with Gasteiger partial charge in [0.15, 0.2) is 11.5 Å². The van der Waals surface area contributed by atoms with Gasteiger partial charge in [-0.1, -0.05) is 49.2 Å². The molecule has 1 amide bonds. The van der Waals surface area contributed by atoms with E-state index in [4.69, 9.17) is 4.74 Å². The summed E-state index contributed by atoms with van der Waals surface area (Å²) in [6, 6.07) is 15.2. The highest BCUT2D eigenvalue weighted by Gasteiger charge is 2.29. The average Bonchev–Trinajstić information content (AvgIpc) is 2.88. The predicted molar refractivity (Wildman–Crippen MR) is 93.3 cm³/mol. The van der Waals surface area contributed by atoms with Crippen LogP contribution in [0.4, 0.5) is 0 Å². The number of rotatable bonds is 3. The van der Waals surface area contributed by atoms with Gasteiger partial charge in [0.05, 0.1) is 18.7 Å². The third-order valence-corrected chi connectivity index (χ3v) is 4.65. The van der Waals surface area contributed by atoms with Crippen LogP contribution in [0, 0.1) is 0 Å². The van der Waals surface area contributed by atoms with E-state index in [0.717, 1.165) is 31.2 Å². The molecule has 1 fully saturated rings. The maximum absolute atomic E-state index is 13.1. The van der Waals surface area contributed by atoms with E-state index in [9.17, 15) is 9.90 Å². The Hall–Kier alpha value is -2.49. The van der Waals surface area contributed by atoms with Crippen molar-refractivity contribution in [3.63, 3.8) is 0 Å². The van der Waals surface area contributed by atoms with E-state index in [0.29, 0.717) is 17.9 Å². The number of aromatic hydroxyl groups is 1. The standard InChI is InChI=1S/C20H23NO3/c1-24-18-13-8-11-16(19(18)22)20(23)21-14-7-3-6-12-17(21)15-9-4-2-5-10-15/h2,4-5,8-11,13,17,22H,3,6-7,12,14H2,1H3. The predicted octanol–water partition coefficient (Wildman–Crippen LogP) is 4.16. The molecule has 126 valence electrons. The number of ether oxygens (including phenoxy) is 1. The fraction of sp³-hybridized carbons (Fsp3) is 0.350. The number of benzene rings is 2. The second kappa shape index (κ2) is 7.39. The lowest BCUT2D eigenvalue weighted by Crippen LogP contribution is -2.34. The minimum atomic E-state index is -0.137. The number of phenols is 1. The molecule has 4 heteroatoms. The van der Waals surface area contributed by atoms with Gasteiger partial charge in [0.2, 0.25) is 0 Å². The molecule has 2 aromatic rings. The zero-order valence-corrected chi connectivity index (χ0v) is 13.9. The van der Waals surface area contributed by atoms with Gasteiger partial charge < -0.3 is 14.7 Å². The lowest BCUT2D eigenvalue weighted by atomic mass is 10.00. The normalized spacial score (nSPS) is 18.0. The van der Waals surface area contributed by atoms with Crippen LogP contribution in [-0.4, -0.2) is 29.6 Å². The van der Waals surface area contributed by atoms with Crippen molar-refractivity contribution in [2.75, 3.05) is 13.7 Å². The van der Waals surface area contributed by atoms with Crippen molar-refractivity contribution in [1.82, 2.24) is 4.90 Å². The van der Waals surface area contributed by atoms with E-state index < -0.39 is 0 Å². The number of carbonyl (C=O) groups excluding carboxylic acids is 1. The van der Waals surface area contributed by atoms with Gasteiger partial charge in [0, 0.05) is 6.54 Å². The Morgan fingerprint density at radius 3 is 2.62 bits per heavy atom. The minimum Gasteiger partial charge on any atom is -0.504 e. The quantitative estimate of drug-likeness (QED) is 0.922. The molecule has 1 heterocycles. The summed E-state index contributed by atoms with van der Waals surface area (Å²) in [6.45, 7) is 0.703. The van der Waals surface area contributed by atoms with E-state index in [1.165, 1.54) is 7.11 Å². The van der Waals surface area contributed by atoms with Gasteiger partial charge in [-0.2, -0.15) is 0 Å². The number of hydrogen-bond donors (Lipinski definition) is 1. The Balaban J connectivity index is 1.96. The number of phenolic OH excluding ortho intramolecular Hbond substituents is 1. The maximum Gasteiger partial charge on any atom is 0.258 e. The number of likely N-dealkylation sites (tertiary alicyclic amines) is 1. The first-order chi connectivity index (χ1) is 11.7. The Bertz CT molecular complexity index is 699. The topological polar surface area (TPSA) is 49.8 Å². The monoisotopic (exact) mass is 325 g/mol. The van der Waals surface area contributed by atoms with Crippen LogP contribution in [0.1, 0.15) is 47.6 Å². The maximum atomic E-state index is 13.1. The Kier molecular flexibility index (Phi) is 5.04. The lowest BCUT2D eigenvalue weighted by molar-refractivity contribution is 0.0677. The second-order valence-corrected chi connectivity index (χ2v) is 6.13. The molecule has 1 aliphatic rings. The van der Waals surface area contributed by atoms with E-state index in [1.54, 1.807) is 18.2 Å². The van der Waals surface area contributed by atoms with Crippen molar-refractivity contribution in [2.24, 2.45) is 0 Å². The minimum absolute atomic E-state index is 0.0480. The summed E-state index contributed by atoms with van der Waals surface area (Å²) in [6.07, 6.45) is 4.16. The molecule has 1 N–H and O–H groups in total. The first-order valence-electron chi connectivity index (χ1n) is 8.44. The number of hydrogen-bond acceptors (Lipinski definition) is 3. The number of methoxy groups -OCH3 is 1. The third kappa shape index (κ3) is 3.23. The van der Waals surface area contributed by atoms with Crippen LogP contribution in [0.25, 0.3) is 0 Å². The number of carbonyl (C=O) groups is 1. The summed E-state index contributed by atoms with van der Waals surface area (Å²) in [5.74, 6) is 0.107. The van der Waals surface area contributed by atoms with Gasteiger partial charge in [-0.25, -0.2) is 0 Å². The first-order valence-corrected chi connectivity index (χ1v) is 8.44. The van der Waals surface area contributed by atoms with Gasteiger partial charge in [-0.05, 0) is 30.5 Å². The molecule has 0 aromatic heterocycles. The zero-order chi connectivity index (χ0) is 16.9. The Morgan fingerprint density at radius 2 is 1.88 bits per heavy atom. The fourth-order valence-electron chi connectivity index (χ4n) is 3.39. The van der Waals surface area contributed by atoms with E-state index in [1.807, 2.05) is 23.1 Å². The molecule has 0 bridgehead atoms. The summed E-state index contributed by atoms with van der Waals surface area (Å²) in [4.78, 5) is 15.0. The lowest BCUT2D eigenvalue weighted by Gasteiger charge is -2.31. The average molecular weight is 325 g/mol. The molecule has 24 heavy (non-hydrogen) atoms. The van der Waals surface area contributed by atoms with Crippen LogP contribution in [0.3, 0.4) is 0 Å². The highest BCUT2D eigenvalue weighted by Crippen LogP contribution is 2.35. The zero-order valence-electron chi connectivity index (χ0n) is 13.9. The van der Waals surface area contributed by atoms with Crippen molar-refractivity contribution in [3.05, 3.63) is 59.7 Å². The summed E-state index contributed by atoms with van der Waals surface area (Å²) in [7, 11) is 1.49. The van der Waals surface area contributed by atoms with Crippen LogP contribution in [0.15, 0.2) is 48.5 Å². The molecule has 0 aliphatic carbocycles. The van der Waals surface area contributed by atoms with Gasteiger partial charge in [0.1, 0.15) is 0 Å². The molecule has 0 saturated carbocycles. The largest absolute Gasteiger partial charge is 0.504 e. The smallest absolute Gasteiger partial charge is 0.258 e. The van der Waals surface area contributed by atoms with Gasteiger partial charge >= 0.3 is 0 Å². The molecule has 1 atom stereocenters. The molecule has 2 aromatic carbocycles. The van der Waals surface area contributed by atoms with Gasteiger partial charge in [-0.15, -0.1) is 0 Å². The molecule has 4 nitrogen and oxygen atoms in total. The van der Waals surface area contributed by atoms with E-state index in [2.05, 4.69) is 12.1 Å². The number of amides is 1. The number of nitrogens with zero attached hydrogens (tertiary/aromatic N) is 1. The summed E-state index contributed by atoms with van der Waals surface area (Å²) < 4.78 is 5.14. The van der Waals surface area contributed by atoms with Crippen LogP contribution in [-0.2, 0) is 0 Å². The van der Waals surface area contributed by atoms with E-state index in [-0.39, 0.29) is 17.7 Å². The molecule has 0 spiro atoms. The van der Waals surface area contributed by atoms with Crippen molar-refractivity contribution in [3.8, 4) is 11.5 Å². The highest BCUT2D eigenvalue weighted by molar-refractivity contribution is 5.98. The van der Waals surface area contributed by atoms with Crippen molar-refractivity contribution in [1.29, 1.82) is 0 Å². The second-order valence-electron chi connectivity index (χ2n) is 6.13. The van der Waals surface area contributed by atoms with Crippen LogP contribution in [0.5, 0.6) is 11.5 Å². The molecular weight excluding hydrogens is 302 g/mol. The first kappa shape index (κ1) is 16.4. The van der Waals surface area contributed by atoms with Crippen LogP contribution < -0.4 is 4.74 Å². The summed E-state index contributed by atoms with van der Waals surface area (Å²) in [5.41, 5.74) is 1.45.